The lowest BCUT2D eigenvalue weighted by Crippen LogP contribution is -2.17. The topological polar surface area (TPSA) is 26.0 Å². The number of aryl methyl sites for hydroxylation is 1. The SMILES string of the molecule is CC1CC1(CN)CCCc1ccc(Cl)c(Cl)c1. The van der Waals surface area contributed by atoms with E-state index in [0.717, 1.165) is 18.9 Å². The van der Waals surface area contributed by atoms with Crippen molar-refractivity contribution in [2.75, 3.05) is 6.54 Å². The Labute approximate surface area is 113 Å². The summed E-state index contributed by atoms with van der Waals surface area (Å²) in [6.07, 6.45) is 4.76. The van der Waals surface area contributed by atoms with Gasteiger partial charge in [0.25, 0.3) is 0 Å². The van der Waals surface area contributed by atoms with Crippen molar-refractivity contribution < 1.29 is 0 Å². The molecular formula is C14H19Cl2N. The standard InChI is InChI=1S/C14H19Cl2N/c1-10-8-14(10,9-17)6-2-3-11-4-5-12(15)13(16)7-11/h4-5,7,10H,2-3,6,8-9,17H2,1H3. The fourth-order valence-electron chi connectivity index (χ4n) is 2.63. The summed E-state index contributed by atoms with van der Waals surface area (Å²) in [6, 6.07) is 5.90. The number of rotatable bonds is 5. The molecule has 0 amide bonds. The Morgan fingerprint density at radius 2 is 2.06 bits per heavy atom. The molecule has 2 N–H and O–H groups in total. The van der Waals surface area contributed by atoms with Crippen LogP contribution in [-0.2, 0) is 6.42 Å². The van der Waals surface area contributed by atoms with E-state index in [2.05, 4.69) is 13.0 Å². The minimum absolute atomic E-state index is 0.441. The van der Waals surface area contributed by atoms with Gasteiger partial charge in [-0.05, 0) is 61.3 Å². The van der Waals surface area contributed by atoms with E-state index in [-0.39, 0.29) is 0 Å². The van der Waals surface area contributed by atoms with E-state index in [9.17, 15) is 0 Å². The molecule has 3 heteroatoms. The molecular weight excluding hydrogens is 253 g/mol. The highest BCUT2D eigenvalue weighted by atomic mass is 35.5. The third-order valence-electron chi connectivity index (χ3n) is 4.13. The zero-order valence-corrected chi connectivity index (χ0v) is 11.7. The molecule has 1 aliphatic rings. The molecule has 2 atom stereocenters. The largest absolute Gasteiger partial charge is 0.330 e. The maximum Gasteiger partial charge on any atom is 0.0595 e. The molecule has 1 aliphatic carbocycles. The van der Waals surface area contributed by atoms with E-state index >= 15 is 0 Å². The van der Waals surface area contributed by atoms with Crippen molar-refractivity contribution in [3.05, 3.63) is 33.8 Å². The molecule has 17 heavy (non-hydrogen) atoms. The zero-order valence-electron chi connectivity index (χ0n) is 10.2. The Kier molecular flexibility index (Phi) is 4.02. The summed E-state index contributed by atoms with van der Waals surface area (Å²) >= 11 is 11.9. The van der Waals surface area contributed by atoms with Gasteiger partial charge in [-0.2, -0.15) is 0 Å². The summed E-state index contributed by atoms with van der Waals surface area (Å²) in [4.78, 5) is 0. The van der Waals surface area contributed by atoms with Gasteiger partial charge in [0, 0.05) is 0 Å². The van der Waals surface area contributed by atoms with Crippen molar-refractivity contribution >= 4 is 23.2 Å². The quantitative estimate of drug-likeness (QED) is 0.849. The van der Waals surface area contributed by atoms with Gasteiger partial charge in [0.15, 0.2) is 0 Å². The number of hydrogen-bond acceptors (Lipinski definition) is 1. The van der Waals surface area contributed by atoms with Crippen LogP contribution >= 0.6 is 23.2 Å². The molecule has 2 rings (SSSR count). The highest BCUT2D eigenvalue weighted by Crippen LogP contribution is 2.54. The maximum absolute atomic E-state index is 5.99. The molecule has 0 radical (unpaired) electrons. The number of nitrogens with two attached hydrogens (primary N) is 1. The smallest absolute Gasteiger partial charge is 0.0595 e. The van der Waals surface area contributed by atoms with Crippen molar-refractivity contribution in [2.45, 2.75) is 32.6 Å². The van der Waals surface area contributed by atoms with Crippen LogP contribution in [0.25, 0.3) is 0 Å². The van der Waals surface area contributed by atoms with Crippen LogP contribution in [0.15, 0.2) is 18.2 Å². The van der Waals surface area contributed by atoms with Crippen LogP contribution < -0.4 is 5.73 Å². The van der Waals surface area contributed by atoms with Crippen molar-refractivity contribution in [3.63, 3.8) is 0 Å². The molecule has 0 spiro atoms. The minimum atomic E-state index is 0.441. The molecule has 94 valence electrons. The van der Waals surface area contributed by atoms with Gasteiger partial charge in [-0.25, -0.2) is 0 Å². The average molecular weight is 272 g/mol. The van der Waals surface area contributed by atoms with Crippen molar-refractivity contribution in [3.8, 4) is 0 Å². The molecule has 1 fully saturated rings. The van der Waals surface area contributed by atoms with Crippen LogP contribution in [0, 0.1) is 11.3 Å². The van der Waals surface area contributed by atoms with Gasteiger partial charge < -0.3 is 5.73 Å². The fraction of sp³-hybridized carbons (Fsp3) is 0.571. The molecule has 0 aromatic heterocycles. The predicted octanol–water partition coefficient (Wildman–Crippen LogP) is 4.30. The summed E-state index contributed by atoms with van der Waals surface area (Å²) in [5.41, 5.74) is 7.55. The first-order valence-corrected chi connectivity index (χ1v) is 6.97. The average Bonchev–Trinajstić information content (AvgIpc) is 2.95. The number of benzene rings is 1. The summed E-state index contributed by atoms with van der Waals surface area (Å²) in [5, 5.41) is 1.28. The number of hydrogen-bond donors (Lipinski definition) is 1. The molecule has 1 nitrogen and oxygen atoms in total. The third kappa shape index (κ3) is 2.96. The predicted molar refractivity (Wildman–Crippen MR) is 74.7 cm³/mol. The van der Waals surface area contributed by atoms with Crippen LogP contribution in [0.4, 0.5) is 0 Å². The van der Waals surface area contributed by atoms with Crippen LogP contribution in [0.3, 0.4) is 0 Å². The Morgan fingerprint density at radius 3 is 2.59 bits per heavy atom. The lowest BCUT2D eigenvalue weighted by Gasteiger charge is -2.13. The lowest BCUT2D eigenvalue weighted by atomic mass is 9.95. The van der Waals surface area contributed by atoms with E-state index < -0.39 is 0 Å². The van der Waals surface area contributed by atoms with Gasteiger partial charge in [-0.1, -0.05) is 36.2 Å². The highest BCUT2D eigenvalue weighted by Gasteiger charge is 2.48. The summed E-state index contributed by atoms with van der Waals surface area (Å²) < 4.78 is 0. The van der Waals surface area contributed by atoms with E-state index in [1.165, 1.54) is 24.8 Å². The van der Waals surface area contributed by atoms with Gasteiger partial charge >= 0.3 is 0 Å². The molecule has 0 bridgehead atoms. The molecule has 1 aromatic carbocycles. The second-order valence-corrected chi connectivity index (χ2v) is 6.09. The third-order valence-corrected chi connectivity index (χ3v) is 4.87. The summed E-state index contributed by atoms with van der Waals surface area (Å²) in [7, 11) is 0. The molecule has 1 aromatic rings. The molecule has 2 unspecified atom stereocenters. The van der Waals surface area contributed by atoms with Crippen LogP contribution in [0.5, 0.6) is 0 Å². The fourth-order valence-corrected chi connectivity index (χ4v) is 2.95. The van der Waals surface area contributed by atoms with Crippen LogP contribution in [0.1, 0.15) is 31.7 Å². The Balaban J connectivity index is 1.84. The Bertz CT molecular complexity index is 401. The van der Waals surface area contributed by atoms with Gasteiger partial charge in [-0.3, -0.25) is 0 Å². The zero-order chi connectivity index (χ0) is 12.5. The first-order valence-electron chi connectivity index (χ1n) is 6.21. The van der Waals surface area contributed by atoms with E-state index in [0.29, 0.717) is 15.5 Å². The number of halogens is 2. The first kappa shape index (κ1) is 13.2. The second-order valence-electron chi connectivity index (χ2n) is 5.27. The minimum Gasteiger partial charge on any atom is -0.330 e. The summed E-state index contributed by atoms with van der Waals surface area (Å²) in [5.74, 6) is 0.807. The first-order chi connectivity index (χ1) is 8.07. The summed E-state index contributed by atoms with van der Waals surface area (Å²) in [6.45, 7) is 3.13. The molecule has 0 saturated heterocycles. The van der Waals surface area contributed by atoms with Gasteiger partial charge in [0.2, 0.25) is 0 Å². The molecule has 1 saturated carbocycles. The molecule has 0 heterocycles. The Hall–Kier alpha value is -0.240. The van der Waals surface area contributed by atoms with Crippen LogP contribution in [0.2, 0.25) is 10.0 Å². The van der Waals surface area contributed by atoms with E-state index in [4.69, 9.17) is 28.9 Å². The van der Waals surface area contributed by atoms with E-state index in [1.54, 1.807) is 0 Å². The van der Waals surface area contributed by atoms with Gasteiger partial charge in [-0.15, -0.1) is 0 Å². The van der Waals surface area contributed by atoms with Crippen molar-refractivity contribution in [1.29, 1.82) is 0 Å². The molecule has 0 aliphatic heterocycles. The van der Waals surface area contributed by atoms with E-state index in [1.807, 2.05) is 12.1 Å². The van der Waals surface area contributed by atoms with Gasteiger partial charge in [0.1, 0.15) is 0 Å². The van der Waals surface area contributed by atoms with Crippen molar-refractivity contribution in [1.82, 2.24) is 0 Å². The lowest BCUT2D eigenvalue weighted by molar-refractivity contribution is 0.425. The van der Waals surface area contributed by atoms with Crippen molar-refractivity contribution in [2.24, 2.45) is 17.1 Å². The normalized spacial score (nSPS) is 27.2. The Morgan fingerprint density at radius 1 is 1.35 bits per heavy atom. The second kappa shape index (κ2) is 5.17. The van der Waals surface area contributed by atoms with Gasteiger partial charge in [0.05, 0.1) is 10.0 Å². The highest BCUT2D eigenvalue weighted by molar-refractivity contribution is 6.42. The maximum atomic E-state index is 5.99. The van der Waals surface area contributed by atoms with Crippen LogP contribution in [-0.4, -0.2) is 6.54 Å². The monoisotopic (exact) mass is 271 g/mol.